The first-order valence-electron chi connectivity index (χ1n) is 20.0. The second-order valence-electron chi connectivity index (χ2n) is 13.0. The summed E-state index contributed by atoms with van der Waals surface area (Å²) >= 11 is 0. The Bertz CT molecular complexity index is 2170. The molecule has 0 radical (unpaired) electrons. The molecule has 0 bridgehead atoms. The van der Waals surface area contributed by atoms with Crippen LogP contribution in [0, 0.1) is 27.7 Å². The number of rotatable bonds is 0. The highest BCUT2D eigenvalue weighted by atomic mass is 16.5. The van der Waals surface area contributed by atoms with E-state index in [0.29, 0.717) is 0 Å². The monoisotopic (exact) mass is 740 g/mol. The maximum absolute atomic E-state index is 5.98. The molecule has 3 aliphatic rings. The zero-order chi connectivity index (χ0) is 40.2. The Hall–Kier alpha value is -5.49. The molecule has 6 nitrogen and oxygen atoms in total. The van der Waals surface area contributed by atoms with Crippen molar-refractivity contribution >= 4 is 0 Å². The number of aromatic nitrogens is 3. The molecule has 0 saturated carbocycles. The molecule has 0 amide bonds. The molecule has 0 fully saturated rings. The third-order valence-corrected chi connectivity index (χ3v) is 9.34. The van der Waals surface area contributed by atoms with Crippen molar-refractivity contribution in [3.63, 3.8) is 0 Å². The second-order valence-corrected chi connectivity index (χ2v) is 13.0. The lowest BCUT2D eigenvalue weighted by molar-refractivity contribution is -0.743. The van der Waals surface area contributed by atoms with E-state index in [0.717, 1.165) is 17.2 Å². The van der Waals surface area contributed by atoms with Gasteiger partial charge in [-0.25, -0.2) is 0 Å². The number of pyridine rings is 3. The lowest BCUT2D eigenvalue weighted by Gasteiger charge is -2.22. The zero-order valence-corrected chi connectivity index (χ0v) is 35.3. The van der Waals surface area contributed by atoms with E-state index in [1.54, 1.807) is 0 Å². The third-order valence-electron chi connectivity index (χ3n) is 9.34. The van der Waals surface area contributed by atoms with E-state index in [-0.39, 0.29) is 18.7 Å². The summed E-state index contributed by atoms with van der Waals surface area (Å²) in [7, 11) is 0. The minimum Gasteiger partial charge on any atom is -0.433 e. The Balaban J connectivity index is 0.000000172. The van der Waals surface area contributed by atoms with Gasteiger partial charge in [-0.15, -0.1) is 0 Å². The van der Waals surface area contributed by atoms with Crippen molar-refractivity contribution in [3.8, 4) is 51.0 Å². The largest absolute Gasteiger partial charge is 0.433 e. The van der Waals surface area contributed by atoms with Crippen LogP contribution in [0.4, 0.5) is 0 Å². The van der Waals surface area contributed by atoms with Crippen LogP contribution >= 0.6 is 0 Å². The van der Waals surface area contributed by atoms with E-state index >= 15 is 0 Å². The van der Waals surface area contributed by atoms with Gasteiger partial charge >= 0.3 is 0 Å². The molecule has 55 heavy (non-hydrogen) atoms. The highest BCUT2D eigenvalue weighted by Gasteiger charge is 2.32. The molecule has 9 rings (SSSR count). The molecule has 0 spiro atoms. The van der Waals surface area contributed by atoms with Crippen LogP contribution in [0.25, 0.3) is 33.8 Å². The molecule has 3 aromatic carbocycles. The van der Waals surface area contributed by atoms with E-state index in [4.69, 9.17) is 14.2 Å². The second kappa shape index (κ2) is 19.7. The first-order valence-corrected chi connectivity index (χ1v) is 20.0. The summed E-state index contributed by atoms with van der Waals surface area (Å²) in [5.74, 6) is 2.97. The average Bonchev–Trinajstić information content (AvgIpc) is 3.21. The van der Waals surface area contributed by atoms with Gasteiger partial charge < -0.3 is 14.2 Å². The highest BCUT2D eigenvalue weighted by Crippen LogP contribution is 2.38. The molecule has 6 aromatic rings. The fourth-order valence-corrected chi connectivity index (χ4v) is 7.05. The van der Waals surface area contributed by atoms with Crippen LogP contribution in [-0.4, -0.2) is 0 Å². The van der Waals surface area contributed by atoms with Crippen molar-refractivity contribution in [2.45, 2.75) is 109 Å². The number of fused-ring (bicyclic) bond motifs is 9. The normalized spacial score (nSPS) is 15.6. The summed E-state index contributed by atoms with van der Waals surface area (Å²) in [6, 6.07) is 35.6. The number of benzene rings is 3. The molecule has 288 valence electrons. The van der Waals surface area contributed by atoms with Crippen molar-refractivity contribution in [2.75, 3.05) is 0 Å². The molecule has 0 N–H and O–H groups in total. The van der Waals surface area contributed by atoms with Gasteiger partial charge in [-0.3, -0.25) is 0 Å². The van der Waals surface area contributed by atoms with Gasteiger partial charge in [0.1, 0.15) is 17.2 Å². The van der Waals surface area contributed by atoms with E-state index in [2.05, 4.69) is 154 Å². The minimum atomic E-state index is 0.0555. The van der Waals surface area contributed by atoms with Crippen LogP contribution in [0.3, 0.4) is 0 Å². The lowest BCUT2D eigenvalue weighted by Crippen LogP contribution is -2.45. The molecule has 3 aliphatic heterocycles. The summed E-state index contributed by atoms with van der Waals surface area (Å²) in [5, 5.41) is 0. The maximum Gasteiger partial charge on any atom is 0.299 e. The van der Waals surface area contributed by atoms with E-state index in [9.17, 15) is 0 Å². The van der Waals surface area contributed by atoms with Crippen LogP contribution in [0.2, 0.25) is 0 Å². The maximum atomic E-state index is 5.98. The van der Waals surface area contributed by atoms with Gasteiger partial charge in [0.15, 0.2) is 18.6 Å². The first-order chi connectivity index (χ1) is 26.7. The molecule has 0 aliphatic carbocycles. The number of aryl methyl sites for hydroxylation is 4. The van der Waals surface area contributed by atoms with Crippen LogP contribution in [0.15, 0.2) is 122 Å². The van der Waals surface area contributed by atoms with Gasteiger partial charge in [0.25, 0.3) is 18.7 Å². The molecule has 0 unspecified atom stereocenters. The van der Waals surface area contributed by atoms with E-state index in [1.807, 2.05) is 71.9 Å². The Kier molecular flexibility index (Phi) is 15.2. The highest BCUT2D eigenvalue weighted by molar-refractivity contribution is 5.71. The smallest absolute Gasteiger partial charge is 0.299 e. The Morgan fingerprint density at radius 1 is 0.400 bits per heavy atom. The standard InChI is InChI=1S/C15H16NO.2C14H14NO.3C2H6/c1-10-8-11(2)15-13-6-4-5-7-16(13)12(3)17-14(15)9-10;1-10-6-5-8-13-14(10)12-7-3-4-9-15(12)11(2)16-13;1-10-6-7-12-13-5-3-4-8-15(13)11(2)16-14(12)9-10;3*1-2/h4-9,12H,1-3H3;2*3-9,11H,1-2H3;3*1-2H3/q3*+1;;;/t12-;2*11-;;;/m000.../s1. The fourth-order valence-electron chi connectivity index (χ4n) is 7.05. The summed E-state index contributed by atoms with van der Waals surface area (Å²) in [5.41, 5.74) is 12.3. The van der Waals surface area contributed by atoms with Crippen molar-refractivity contribution in [3.05, 3.63) is 144 Å². The summed E-state index contributed by atoms with van der Waals surface area (Å²) in [6.45, 7) is 26.7. The van der Waals surface area contributed by atoms with Crippen LogP contribution in [0.5, 0.6) is 17.2 Å². The predicted octanol–water partition coefficient (Wildman–Crippen LogP) is 12.0. The molecular formula is C49H62N3O3+3. The van der Waals surface area contributed by atoms with Gasteiger partial charge in [-0.2, -0.15) is 13.7 Å². The first kappa shape index (κ1) is 42.3. The molecule has 6 heterocycles. The molecule has 0 saturated heterocycles. The predicted molar refractivity (Wildman–Crippen MR) is 225 cm³/mol. The van der Waals surface area contributed by atoms with Crippen molar-refractivity contribution in [1.82, 2.24) is 0 Å². The van der Waals surface area contributed by atoms with Crippen LogP contribution < -0.4 is 27.9 Å². The minimum absolute atomic E-state index is 0.0555. The molecule has 3 atom stereocenters. The summed E-state index contributed by atoms with van der Waals surface area (Å²) < 4.78 is 24.3. The van der Waals surface area contributed by atoms with E-state index < -0.39 is 0 Å². The van der Waals surface area contributed by atoms with Gasteiger partial charge in [0.05, 0.1) is 16.7 Å². The molecular weight excluding hydrogens is 679 g/mol. The van der Waals surface area contributed by atoms with Crippen LogP contribution in [-0.2, 0) is 0 Å². The Labute approximate surface area is 330 Å². The fraction of sp³-hybridized carbons (Fsp3) is 0.327. The van der Waals surface area contributed by atoms with Crippen molar-refractivity contribution in [1.29, 1.82) is 0 Å². The van der Waals surface area contributed by atoms with Gasteiger partial charge in [0.2, 0.25) is 17.1 Å². The summed E-state index contributed by atoms with van der Waals surface area (Å²) in [4.78, 5) is 0. The van der Waals surface area contributed by atoms with Crippen LogP contribution in [0.1, 0.15) is 103 Å². The Morgan fingerprint density at radius 2 is 0.855 bits per heavy atom. The number of hydrogen-bond acceptors (Lipinski definition) is 3. The van der Waals surface area contributed by atoms with Crippen molar-refractivity contribution < 1.29 is 27.9 Å². The Morgan fingerprint density at radius 3 is 1.42 bits per heavy atom. The zero-order valence-electron chi connectivity index (χ0n) is 35.3. The van der Waals surface area contributed by atoms with Gasteiger partial charge in [-0.1, -0.05) is 65.8 Å². The lowest BCUT2D eigenvalue weighted by atomic mass is 9.99. The van der Waals surface area contributed by atoms with E-state index in [1.165, 1.54) is 56.0 Å². The molecule has 3 aromatic heterocycles. The number of nitrogens with zero attached hydrogens (tertiary/aromatic N) is 3. The van der Waals surface area contributed by atoms with Gasteiger partial charge in [0, 0.05) is 57.2 Å². The number of hydrogen-bond donors (Lipinski definition) is 0. The average molecular weight is 741 g/mol. The number of ether oxygens (including phenoxy) is 3. The summed E-state index contributed by atoms with van der Waals surface area (Å²) in [6.07, 6.45) is 6.37. The van der Waals surface area contributed by atoms with Crippen molar-refractivity contribution in [2.24, 2.45) is 0 Å². The quantitative estimate of drug-likeness (QED) is 0.146. The molecule has 6 heteroatoms. The topological polar surface area (TPSA) is 39.3 Å². The van der Waals surface area contributed by atoms with Gasteiger partial charge in [-0.05, 0) is 92.4 Å². The SMILES string of the molecule is CC.CC.CC.Cc1cc(C)c2c(c1)O[C@@H](C)[n+]1ccccc1-2.Cc1ccc2c(c1)O[C@@H](C)[n+]1ccccc1-2.Cc1cccc2c1-c1cccc[n+]1[C@H](C)O2. The third kappa shape index (κ3) is 9.25.